The van der Waals surface area contributed by atoms with Crippen LogP contribution in [0.4, 0.5) is 5.69 Å². The van der Waals surface area contributed by atoms with Crippen molar-refractivity contribution in [1.82, 2.24) is 9.78 Å². The van der Waals surface area contributed by atoms with Gasteiger partial charge in [0, 0.05) is 19.7 Å². The molecule has 0 aliphatic heterocycles. The molecule has 0 aliphatic rings. The minimum atomic E-state index is 0.561. The highest BCUT2D eigenvalue weighted by atomic mass is 16.5. The van der Waals surface area contributed by atoms with E-state index in [0.29, 0.717) is 17.9 Å². The number of methoxy groups -OCH3 is 2. The zero-order chi connectivity index (χ0) is 15.4. The maximum Gasteiger partial charge on any atom is 0.216 e. The quantitative estimate of drug-likeness (QED) is 0.912. The molecule has 2 rings (SSSR count). The third-order valence-corrected chi connectivity index (χ3v) is 3.27. The van der Waals surface area contributed by atoms with Gasteiger partial charge in [-0.3, -0.25) is 0 Å². The standard InChI is InChI=1S/C15H18N4O2/c1-10-12(15(21-4)19(2)18-10)9-17-13-6-5-11(8-16)7-14(13)20-3/h5-7,17H,9H2,1-4H3. The lowest BCUT2D eigenvalue weighted by atomic mass is 10.2. The Hall–Kier alpha value is -2.68. The average Bonchev–Trinajstić information content (AvgIpc) is 2.77. The SMILES string of the molecule is COc1cc(C#N)ccc1NCc1c(C)nn(C)c1OC. The molecule has 1 aromatic heterocycles. The first-order chi connectivity index (χ1) is 10.1. The second-order valence-corrected chi connectivity index (χ2v) is 4.58. The van der Waals surface area contributed by atoms with Gasteiger partial charge in [-0.05, 0) is 19.1 Å². The van der Waals surface area contributed by atoms with Crippen LogP contribution in [0.5, 0.6) is 11.6 Å². The van der Waals surface area contributed by atoms with Gasteiger partial charge in [-0.2, -0.15) is 10.4 Å². The highest BCUT2D eigenvalue weighted by Gasteiger charge is 2.14. The number of nitriles is 1. The van der Waals surface area contributed by atoms with Crippen molar-refractivity contribution in [3.05, 3.63) is 35.0 Å². The molecule has 2 aromatic rings. The summed E-state index contributed by atoms with van der Waals surface area (Å²) in [6, 6.07) is 7.37. The summed E-state index contributed by atoms with van der Waals surface area (Å²) in [4.78, 5) is 0. The van der Waals surface area contributed by atoms with Gasteiger partial charge in [0.1, 0.15) is 5.75 Å². The van der Waals surface area contributed by atoms with Gasteiger partial charge in [0.2, 0.25) is 5.88 Å². The van der Waals surface area contributed by atoms with Crippen molar-refractivity contribution >= 4 is 5.69 Å². The second-order valence-electron chi connectivity index (χ2n) is 4.58. The van der Waals surface area contributed by atoms with Crippen molar-refractivity contribution in [1.29, 1.82) is 5.26 Å². The first-order valence-corrected chi connectivity index (χ1v) is 6.49. The maximum absolute atomic E-state index is 8.91. The van der Waals surface area contributed by atoms with E-state index in [0.717, 1.165) is 22.8 Å². The highest BCUT2D eigenvalue weighted by Crippen LogP contribution is 2.28. The maximum atomic E-state index is 8.91. The van der Waals surface area contributed by atoms with Crippen molar-refractivity contribution in [3.63, 3.8) is 0 Å². The van der Waals surface area contributed by atoms with Crippen LogP contribution in [0, 0.1) is 18.3 Å². The number of aryl methyl sites for hydroxylation is 2. The molecule has 110 valence electrons. The minimum absolute atomic E-state index is 0.561. The topological polar surface area (TPSA) is 72.1 Å². The summed E-state index contributed by atoms with van der Waals surface area (Å²) >= 11 is 0. The predicted molar refractivity (Wildman–Crippen MR) is 79.5 cm³/mol. The van der Waals surface area contributed by atoms with Crippen molar-refractivity contribution in [2.24, 2.45) is 7.05 Å². The fourth-order valence-electron chi connectivity index (χ4n) is 2.23. The lowest BCUT2D eigenvalue weighted by Crippen LogP contribution is -2.04. The van der Waals surface area contributed by atoms with Crippen LogP contribution in [-0.2, 0) is 13.6 Å². The third-order valence-electron chi connectivity index (χ3n) is 3.27. The summed E-state index contributed by atoms with van der Waals surface area (Å²) in [7, 11) is 5.05. The number of nitrogens with one attached hydrogen (secondary N) is 1. The van der Waals surface area contributed by atoms with Crippen LogP contribution < -0.4 is 14.8 Å². The molecular weight excluding hydrogens is 268 g/mol. The molecule has 21 heavy (non-hydrogen) atoms. The Morgan fingerprint density at radius 3 is 2.71 bits per heavy atom. The second kappa shape index (κ2) is 6.18. The molecule has 6 nitrogen and oxygen atoms in total. The van der Waals surface area contributed by atoms with Gasteiger partial charge in [-0.15, -0.1) is 0 Å². The van der Waals surface area contributed by atoms with Crippen LogP contribution >= 0.6 is 0 Å². The highest BCUT2D eigenvalue weighted by molar-refractivity contribution is 5.59. The summed E-state index contributed by atoms with van der Waals surface area (Å²) in [6.07, 6.45) is 0. The number of aromatic nitrogens is 2. The van der Waals surface area contributed by atoms with Crippen molar-refractivity contribution in [3.8, 4) is 17.7 Å². The molecule has 0 radical (unpaired) electrons. The van der Waals surface area contributed by atoms with E-state index in [2.05, 4.69) is 16.5 Å². The molecule has 0 atom stereocenters. The van der Waals surface area contributed by atoms with E-state index < -0.39 is 0 Å². The van der Waals surface area contributed by atoms with E-state index in [4.69, 9.17) is 14.7 Å². The Bertz CT molecular complexity index is 686. The zero-order valence-corrected chi connectivity index (χ0v) is 12.6. The Labute approximate surface area is 123 Å². The Balaban J connectivity index is 2.23. The van der Waals surface area contributed by atoms with Gasteiger partial charge in [0.25, 0.3) is 0 Å². The molecule has 0 amide bonds. The number of nitrogens with zero attached hydrogens (tertiary/aromatic N) is 3. The summed E-state index contributed by atoms with van der Waals surface area (Å²) < 4.78 is 12.4. The van der Waals surface area contributed by atoms with Gasteiger partial charge in [0.15, 0.2) is 0 Å². The van der Waals surface area contributed by atoms with Crippen LogP contribution in [0.15, 0.2) is 18.2 Å². The monoisotopic (exact) mass is 286 g/mol. The Kier molecular flexibility index (Phi) is 4.33. The van der Waals surface area contributed by atoms with E-state index in [1.54, 1.807) is 31.0 Å². The van der Waals surface area contributed by atoms with Gasteiger partial charge < -0.3 is 14.8 Å². The lowest BCUT2D eigenvalue weighted by molar-refractivity contribution is 0.369. The fourth-order valence-corrected chi connectivity index (χ4v) is 2.23. The number of ether oxygens (including phenoxy) is 2. The van der Waals surface area contributed by atoms with Gasteiger partial charge >= 0.3 is 0 Å². The van der Waals surface area contributed by atoms with Crippen molar-refractivity contribution in [2.45, 2.75) is 13.5 Å². The number of rotatable bonds is 5. The molecule has 0 aliphatic carbocycles. The summed E-state index contributed by atoms with van der Waals surface area (Å²) in [5, 5.41) is 16.5. The largest absolute Gasteiger partial charge is 0.495 e. The van der Waals surface area contributed by atoms with E-state index in [9.17, 15) is 0 Å². The predicted octanol–water partition coefficient (Wildman–Crippen LogP) is 2.23. The molecule has 1 aromatic carbocycles. The normalized spacial score (nSPS) is 10.0. The van der Waals surface area contributed by atoms with Gasteiger partial charge in [-0.25, -0.2) is 4.68 Å². The third kappa shape index (κ3) is 2.92. The first kappa shape index (κ1) is 14.7. The fraction of sp³-hybridized carbons (Fsp3) is 0.333. The van der Waals surface area contributed by atoms with Crippen molar-refractivity contribution < 1.29 is 9.47 Å². The van der Waals surface area contributed by atoms with Gasteiger partial charge in [-0.1, -0.05) is 0 Å². The van der Waals surface area contributed by atoms with Crippen LogP contribution in [0.25, 0.3) is 0 Å². The first-order valence-electron chi connectivity index (χ1n) is 6.49. The number of hydrogen-bond donors (Lipinski definition) is 1. The molecule has 1 heterocycles. The number of benzene rings is 1. The molecule has 0 spiro atoms. The molecule has 0 bridgehead atoms. The van der Waals surface area contributed by atoms with E-state index in [-0.39, 0.29) is 0 Å². The minimum Gasteiger partial charge on any atom is -0.495 e. The van der Waals surface area contributed by atoms with E-state index >= 15 is 0 Å². The number of anilines is 1. The molecule has 6 heteroatoms. The van der Waals surface area contributed by atoms with E-state index in [1.165, 1.54) is 0 Å². The smallest absolute Gasteiger partial charge is 0.216 e. The van der Waals surface area contributed by atoms with Crippen LogP contribution in [0.3, 0.4) is 0 Å². The molecule has 0 unspecified atom stereocenters. The lowest BCUT2D eigenvalue weighted by Gasteiger charge is -2.12. The Morgan fingerprint density at radius 1 is 1.33 bits per heavy atom. The molecule has 0 saturated heterocycles. The number of hydrogen-bond acceptors (Lipinski definition) is 5. The zero-order valence-electron chi connectivity index (χ0n) is 12.6. The molecular formula is C15H18N4O2. The molecule has 1 N–H and O–H groups in total. The van der Waals surface area contributed by atoms with Crippen LogP contribution in [0.1, 0.15) is 16.8 Å². The molecule has 0 saturated carbocycles. The van der Waals surface area contributed by atoms with E-state index in [1.807, 2.05) is 20.0 Å². The van der Waals surface area contributed by atoms with Gasteiger partial charge in [0.05, 0.1) is 42.8 Å². The average molecular weight is 286 g/mol. The summed E-state index contributed by atoms with van der Waals surface area (Å²) in [5.41, 5.74) is 3.29. The van der Waals surface area contributed by atoms with Crippen LogP contribution in [-0.4, -0.2) is 24.0 Å². The summed E-state index contributed by atoms with van der Waals surface area (Å²) in [6.45, 7) is 2.50. The Morgan fingerprint density at radius 2 is 2.10 bits per heavy atom. The summed E-state index contributed by atoms with van der Waals surface area (Å²) in [5.74, 6) is 1.36. The molecule has 0 fully saturated rings. The van der Waals surface area contributed by atoms with Crippen molar-refractivity contribution in [2.75, 3.05) is 19.5 Å². The van der Waals surface area contributed by atoms with Crippen LogP contribution in [0.2, 0.25) is 0 Å².